The second-order valence-electron chi connectivity index (χ2n) is 3.05. The number of pyridine rings is 1. The van der Waals surface area contributed by atoms with E-state index in [1.165, 1.54) is 12.3 Å². The van der Waals surface area contributed by atoms with Gasteiger partial charge in [0.2, 0.25) is 5.95 Å². The third kappa shape index (κ3) is 3.63. The summed E-state index contributed by atoms with van der Waals surface area (Å²) in [5.74, 6) is -1.06. The van der Waals surface area contributed by atoms with Gasteiger partial charge in [-0.3, -0.25) is 4.79 Å². The van der Waals surface area contributed by atoms with Crippen LogP contribution in [0.25, 0.3) is 0 Å². The highest BCUT2D eigenvalue weighted by Crippen LogP contribution is 2.04. The molecule has 1 aromatic rings. The largest absolute Gasteiger partial charge is 0.465 e. The van der Waals surface area contributed by atoms with Crippen LogP contribution < -0.4 is 5.73 Å². The monoisotopic (exact) mass is 212 g/mol. The molecule has 0 aliphatic carbocycles. The molecular weight excluding hydrogens is 199 g/mol. The highest BCUT2D eigenvalue weighted by atomic mass is 19.1. The Bertz CT molecular complexity index is 344. The van der Waals surface area contributed by atoms with Gasteiger partial charge in [-0.15, -0.1) is 0 Å². The number of hydrogen-bond acceptors (Lipinski definition) is 4. The zero-order valence-electron chi connectivity index (χ0n) is 8.44. The third-order valence-corrected chi connectivity index (χ3v) is 1.84. The molecule has 0 saturated carbocycles. The van der Waals surface area contributed by atoms with E-state index >= 15 is 0 Å². The number of esters is 1. The topological polar surface area (TPSA) is 65.2 Å². The molecule has 0 radical (unpaired) electrons. The lowest BCUT2D eigenvalue weighted by Crippen LogP contribution is -2.34. The zero-order valence-corrected chi connectivity index (χ0v) is 8.44. The van der Waals surface area contributed by atoms with E-state index < -0.39 is 18.0 Å². The lowest BCUT2D eigenvalue weighted by Gasteiger charge is -2.09. The van der Waals surface area contributed by atoms with E-state index in [0.717, 1.165) is 0 Å². The Hall–Kier alpha value is -1.49. The number of ether oxygens (including phenoxy) is 1. The van der Waals surface area contributed by atoms with E-state index in [2.05, 4.69) is 4.98 Å². The van der Waals surface area contributed by atoms with Crippen LogP contribution in [0.2, 0.25) is 0 Å². The first-order valence-electron chi connectivity index (χ1n) is 4.66. The first-order valence-corrected chi connectivity index (χ1v) is 4.66. The highest BCUT2D eigenvalue weighted by Gasteiger charge is 2.15. The smallest absolute Gasteiger partial charge is 0.323 e. The van der Waals surface area contributed by atoms with Crippen LogP contribution in [0, 0.1) is 5.95 Å². The second-order valence-corrected chi connectivity index (χ2v) is 3.05. The van der Waals surface area contributed by atoms with Crippen LogP contribution in [0.5, 0.6) is 0 Å². The van der Waals surface area contributed by atoms with Crippen molar-refractivity contribution in [2.75, 3.05) is 6.61 Å². The van der Waals surface area contributed by atoms with Gasteiger partial charge in [0.1, 0.15) is 6.04 Å². The minimum atomic E-state index is -0.758. The summed E-state index contributed by atoms with van der Waals surface area (Å²) < 4.78 is 17.4. The molecule has 0 aliphatic heterocycles. The Balaban J connectivity index is 2.58. The third-order valence-electron chi connectivity index (χ3n) is 1.84. The summed E-state index contributed by atoms with van der Waals surface area (Å²) in [6, 6.07) is 2.10. The fourth-order valence-corrected chi connectivity index (χ4v) is 1.16. The van der Waals surface area contributed by atoms with Gasteiger partial charge in [0.15, 0.2) is 0 Å². The van der Waals surface area contributed by atoms with Gasteiger partial charge < -0.3 is 10.5 Å². The fourth-order valence-electron chi connectivity index (χ4n) is 1.16. The molecule has 0 fully saturated rings. The Labute approximate surface area is 87.3 Å². The summed E-state index contributed by atoms with van der Waals surface area (Å²) in [5.41, 5.74) is 6.20. The Kier molecular flexibility index (Phi) is 4.17. The maximum atomic E-state index is 12.7. The molecule has 1 atom stereocenters. The molecule has 0 bridgehead atoms. The summed E-state index contributed by atoms with van der Waals surface area (Å²) in [6.07, 6.45) is 1.58. The molecule has 2 N–H and O–H groups in total. The van der Waals surface area contributed by atoms with Gasteiger partial charge in [-0.1, -0.05) is 0 Å². The predicted molar refractivity (Wildman–Crippen MR) is 52.5 cm³/mol. The molecule has 0 spiro atoms. The van der Waals surface area contributed by atoms with Crippen molar-refractivity contribution in [2.45, 2.75) is 19.4 Å². The van der Waals surface area contributed by atoms with E-state index in [9.17, 15) is 9.18 Å². The SMILES string of the molecule is CCOC(=O)C(N)Cc1ccnc(F)c1. The summed E-state index contributed by atoms with van der Waals surface area (Å²) in [4.78, 5) is 14.6. The predicted octanol–water partition coefficient (Wildman–Crippen LogP) is 0.654. The number of nitrogens with two attached hydrogens (primary N) is 1. The van der Waals surface area contributed by atoms with Crippen molar-refractivity contribution in [2.24, 2.45) is 5.73 Å². The number of carbonyl (C=O) groups excluding carboxylic acids is 1. The molecular formula is C10H13FN2O2. The van der Waals surface area contributed by atoms with Crippen LogP contribution >= 0.6 is 0 Å². The molecule has 0 aliphatic rings. The van der Waals surface area contributed by atoms with Crippen molar-refractivity contribution in [3.63, 3.8) is 0 Å². The average molecular weight is 212 g/mol. The average Bonchev–Trinajstić information content (AvgIpc) is 2.18. The number of carbonyl (C=O) groups is 1. The number of halogens is 1. The van der Waals surface area contributed by atoms with Crippen LogP contribution in [-0.4, -0.2) is 23.6 Å². The Morgan fingerprint density at radius 3 is 3.07 bits per heavy atom. The van der Waals surface area contributed by atoms with E-state index in [1.54, 1.807) is 13.0 Å². The molecule has 1 heterocycles. The van der Waals surface area contributed by atoms with Gasteiger partial charge >= 0.3 is 5.97 Å². The van der Waals surface area contributed by atoms with Crippen LogP contribution in [0.1, 0.15) is 12.5 Å². The number of rotatable bonds is 4. The first-order chi connectivity index (χ1) is 7.13. The second kappa shape index (κ2) is 5.41. The van der Waals surface area contributed by atoms with Gasteiger partial charge in [-0.05, 0) is 31.0 Å². The highest BCUT2D eigenvalue weighted by molar-refractivity contribution is 5.75. The van der Waals surface area contributed by atoms with Crippen molar-refractivity contribution in [1.29, 1.82) is 0 Å². The van der Waals surface area contributed by atoms with Crippen LogP contribution in [-0.2, 0) is 16.0 Å². The Morgan fingerprint density at radius 2 is 2.47 bits per heavy atom. The van der Waals surface area contributed by atoms with E-state index in [0.29, 0.717) is 5.56 Å². The van der Waals surface area contributed by atoms with Crippen molar-refractivity contribution in [1.82, 2.24) is 4.98 Å². The lowest BCUT2D eigenvalue weighted by atomic mass is 10.1. The van der Waals surface area contributed by atoms with Gasteiger partial charge in [-0.25, -0.2) is 4.98 Å². The summed E-state index contributed by atoms with van der Waals surface area (Å²) in [7, 11) is 0. The van der Waals surface area contributed by atoms with Gasteiger partial charge in [0, 0.05) is 6.20 Å². The molecule has 5 heteroatoms. The number of nitrogens with zero attached hydrogens (tertiary/aromatic N) is 1. The molecule has 0 saturated heterocycles. The van der Waals surface area contributed by atoms with Crippen LogP contribution in [0.15, 0.2) is 18.3 Å². The van der Waals surface area contributed by atoms with Crippen molar-refractivity contribution >= 4 is 5.97 Å². The fraction of sp³-hybridized carbons (Fsp3) is 0.400. The van der Waals surface area contributed by atoms with Crippen LogP contribution in [0.4, 0.5) is 4.39 Å². The maximum absolute atomic E-state index is 12.7. The zero-order chi connectivity index (χ0) is 11.3. The maximum Gasteiger partial charge on any atom is 0.323 e. The number of aromatic nitrogens is 1. The van der Waals surface area contributed by atoms with E-state index in [1.807, 2.05) is 0 Å². The van der Waals surface area contributed by atoms with Crippen molar-refractivity contribution < 1.29 is 13.9 Å². The molecule has 4 nitrogen and oxygen atoms in total. The molecule has 1 aromatic heterocycles. The molecule has 1 rings (SSSR count). The van der Waals surface area contributed by atoms with Gasteiger partial charge in [0.05, 0.1) is 6.61 Å². The molecule has 0 amide bonds. The number of hydrogen-bond donors (Lipinski definition) is 1. The molecule has 0 aromatic carbocycles. The van der Waals surface area contributed by atoms with Crippen molar-refractivity contribution in [3.05, 3.63) is 29.8 Å². The van der Waals surface area contributed by atoms with Gasteiger partial charge in [-0.2, -0.15) is 4.39 Å². The standard InChI is InChI=1S/C10H13FN2O2/c1-2-15-10(14)8(12)5-7-3-4-13-9(11)6-7/h3-4,6,8H,2,5,12H2,1H3. The summed E-state index contributed by atoms with van der Waals surface area (Å²) in [6.45, 7) is 1.99. The summed E-state index contributed by atoms with van der Waals surface area (Å²) >= 11 is 0. The van der Waals surface area contributed by atoms with Crippen LogP contribution in [0.3, 0.4) is 0 Å². The molecule has 82 valence electrons. The summed E-state index contributed by atoms with van der Waals surface area (Å²) in [5, 5.41) is 0. The minimum absolute atomic E-state index is 0.248. The quantitative estimate of drug-likeness (QED) is 0.588. The van der Waals surface area contributed by atoms with Crippen molar-refractivity contribution in [3.8, 4) is 0 Å². The molecule has 1 unspecified atom stereocenters. The first kappa shape index (κ1) is 11.6. The Morgan fingerprint density at radius 1 is 1.73 bits per heavy atom. The van der Waals surface area contributed by atoms with E-state index in [-0.39, 0.29) is 13.0 Å². The van der Waals surface area contributed by atoms with Gasteiger partial charge in [0.25, 0.3) is 0 Å². The lowest BCUT2D eigenvalue weighted by molar-refractivity contribution is -0.144. The van der Waals surface area contributed by atoms with E-state index in [4.69, 9.17) is 10.5 Å². The normalized spacial score (nSPS) is 12.2. The molecule has 15 heavy (non-hydrogen) atoms. The minimum Gasteiger partial charge on any atom is -0.465 e.